The van der Waals surface area contributed by atoms with Crippen molar-refractivity contribution in [1.29, 1.82) is 0 Å². The van der Waals surface area contributed by atoms with E-state index in [2.05, 4.69) is 59.4 Å². The Morgan fingerprint density at radius 1 is 1.27 bits per heavy atom. The first-order valence-corrected chi connectivity index (χ1v) is 8.13. The summed E-state index contributed by atoms with van der Waals surface area (Å²) in [5, 5.41) is 9.85. The number of aryl methyl sites for hydroxylation is 2. The SMILES string of the molecule is C/C=C\c1nc(C)sc1/C=C(\C)c1n[nH]c2ccc(C)cc12. The Morgan fingerprint density at radius 2 is 2.09 bits per heavy atom. The van der Waals surface area contributed by atoms with Crippen LogP contribution in [0.4, 0.5) is 0 Å². The number of thiazole rings is 1. The third-order valence-electron chi connectivity index (χ3n) is 3.55. The van der Waals surface area contributed by atoms with Crippen LogP contribution in [0.5, 0.6) is 0 Å². The van der Waals surface area contributed by atoms with Crippen LogP contribution >= 0.6 is 11.3 Å². The van der Waals surface area contributed by atoms with Crippen molar-refractivity contribution in [3.63, 3.8) is 0 Å². The van der Waals surface area contributed by atoms with E-state index in [9.17, 15) is 0 Å². The highest BCUT2D eigenvalue weighted by Gasteiger charge is 2.10. The number of aromatic amines is 1. The number of allylic oxidation sites excluding steroid dienone is 2. The lowest BCUT2D eigenvalue weighted by Crippen LogP contribution is -1.83. The molecule has 3 rings (SSSR count). The van der Waals surface area contributed by atoms with Crippen LogP contribution < -0.4 is 0 Å². The van der Waals surface area contributed by atoms with Gasteiger partial charge in [0.2, 0.25) is 0 Å². The van der Waals surface area contributed by atoms with Crippen molar-refractivity contribution in [1.82, 2.24) is 15.2 Å². The van der Waals surface area contributed by atoms with Crippen molar-refractivity contribution in [3.05, 3.63) is 51.1 Å². The molecule has 22 heavy (non-hydrogen) atoms. The Kier molecular flexibility index (Phi) is 3.94. The summed E-state index contributed by atoms with van der Waals surface area (Å²) in [5.74, 6) is 0. The average molecular weight is 309 g/mol. The molecule has 4 heteroatoms. The molecular formula is C18H19N3S. The number of H-pyrrole nitrogens is 1. The van der Waals surface area contributed by atoms with Crippen molar-refractivity contribution in [2.75, 3.05) is 0 Å². The topological polar surface area (TPSA) is 41.6 Å². The van der Waals surface area contributed by atoms with Gasteiger partial charge >= 0.3 is 0 Å². The average Bonchev–Trinajstić information content (AvgIpc) is 3.03. The van der Waals surface area contributed by atoms with Gasteiger partial charge in [0.15, 0.2) is 0 Å². The van der Waals surface area contributed by atoms with Gasteiger partial charge in [0.05, 0.1) is 26.8 Å². The largest absolute Gasteiger partial charge is 0.277 e. The maximum absolute atomic E-state index is 4.57. The van der Waals surface area contributed by atoms with Gasteiger partial charge in [-0.15, -0.1) is 11.3 Å². The molecule has 0 atom stereocenters. The summed E-state index contributed by atoms with van der Waals surface area (Å²) in [6.45, 7) is 8.26. The lowest BCUT2D eigenvalue weighted by molar-refractivity contribution is 1.10. The summed E-state index contributed by atoms with van der Waals surface area (Å²) < 4.78 is 0. The number of hydrogen-bond donors (Lipinski definition) is 1. The fourth-order valence-corrected chi connectivity index (χ4v) is 3.45. The molecule has 2 aromatic heterocycles. The first-order valence-electron chi connectivity index (χ1n) is 7.32. The molecule has 0 saturated carbocycles. The van der Waals surface area contributed by atoms with E-state index in [4.69, 9.17) is 0 Å². The fraction of sp³-hybridized carbons (Fsp3) is 0.222. The van der Waals surface area contributed by atoms with Gasteiger partial charge in [0, 0.05) is 5.39 Å². The highest BCUT2D eigenvalue weighted by Crippen LogP contribution is 2.28. The molecule has 3 aromatic rings. The number of rotatable bonds is 3. The van der Waals surface area contributed by atoms with Crippen LogP contribution in [-0.2, 0) is 0 Å². The smallest absolute Gasteiger partial charge is 0.0956 e. The Morgan fingerprint density at radius 3 is 2.86 bits per heavy atom. The maximum atomic E-state index is 4.57. The van der Waals surface area contributed by atoms with E-state index < -0.39 is 0 Å². The molecule has 0 aliphatic rings. The zero-order valence-corrected chi connectivity index (χ0v) is 14.1. The molecule has 0 fully saturated rings. The summed E-state index contributed by atoms with van der Waals surface area (Å²) in [6, 6.07) is 6.35. The van der Waals surface area contributed by atoms with Crippen LogP contribution in [0.25, 0.3) is 28.6 Å². The number of hydrogen-bond acceptors (Lipinski definition) is 3. The zero-order valence-electron chi connectivity index (χ0n) is 13.3. The number of nitrogens with one attached hydrogen (secondary N) is 1. The highest BCUT2D eigenvalue weighted by molar-refractivity contribution is 7.12. The van der Waals surface area contributed by atoms with Crippen molar-refractivity contribution < 1.29 is 0 Å². The van der Waals surface area contributed by atoms with Gasteiger partial charge in [-0.05, 0) is 57.6 Å². The van der Waals surface area contributed by atoms with Crippen LogP contribution in [0.3, 0.4) is 0 Å². The molecule has 1 aromatic carbocycles. The number of aromatic nitrogens is 3. The summed E-state index contributed by atoms with van der Waals surface area (Å²) >= 11 is 1.71. The van der Waals surface area contributed by atoms with Gasteiger partial charge in [-0.3, -0.25) is 5.10 Å². The summed E-state index contributed by atoms with van der Waals surface area (Å²) in [6.07, 6.45) is 6.25. The summed E-state index contributed by atoms with van der Waals surface area (Å²) in [7, 11) is 0. The van der Waals surface area contributed by atoms with Crippen molar-refractivity contribution >= 4 is 40.0 Å². The Balaban J connectivity index is 2.09. The van der Waals surface area contributed by atoms with Crippen LogP contribution in [0.15, 0.2) is 24.3 Å². The van der Waals surface area contributed by atoms with E-state index in [1.165, 1.54) is 15.8 Å². The van der Waals surface area contributed by atoms with E-state index in [0.29, 0.717) is 0 Å². The molecule has 1 N–H and O–H groups in total. The second kappa shape index (κ2) is 5.89. The highest BCUT2D eigenvalue weighted by atomic mass is 32.1. The lowest BCUT2D eigenvalue weighted by Gasteiger charge is -1.99. The molecule has 0 saturated heterocycles. The molecule has 0 aliphatic heterocycles. The lowest BCUT2D eigenvalue weighted by atomic mass is 10.1. The maximum Gasteiger partial charge on any atom is 0.0956 e. The number of benzene rings is 1. The number of fused-ring (bicyclic) bond motifs is 1. The third kappa shape index (κ3) is 2.74. The Bertz CT molecular complexity index is 881. The molecule has 0 unspecified atom stereocenters. The summed E-state index contributed by atoms with van der Waals surface area (Å²) in [4.78, 5) is 5.75. The van der Waals surface area contributed by atoms with Gasteiger partial charge < -0.3 is 0 Å². The molecule has 2 heterocycles. The number of nitrogens with zero attached hydrogens (tertiary/aromatic N) is 2. The zero-order chi connectivity index (χ0) is 15.7. The Hall–Kier alpha value is -2.20. The third-order valence-corrected chi connectivity index (χ3v) is 4.49. The van der Waals surface area contributed by atoms with E-state index >= 15 is 0 Å². The van der Waals surface area contributed by atoms with Gasteiger partial charge in [0.1, 0.15) is 0 Å². The summed E-state index contributed by atoms with van der Waals surface area (Å²) in [5.41, 5.74) is 5.50. The van der Waals surface area contributed by atoms with Crippen molar-refractivity contribution in [2.45, 2.75) is 27.7 Å². The predicted octanol–water partition coefficient (Wildman–Crippen LogP) is 5.23. The second-order valence-corrected chi connectivity index (χ2v) is 6.67. The van der Waals surface area contributed by atoms with Crippen LogP contribution in [0.2, 0.25) is 0 Å². The normalized spacial score (nSPS) is 12.6. The van der Waals surface area contributed by atoms with Crippen LogP contribution in [-0.4, -0.2) is 15.2 Å². The predicted molar refractivity (Wildman–Crippen MR) is 95.9 cm³/mol. The first-order chi connectivity index (χ1) is 10.6. The van der Waals surface area contributed by atoms with E-state index in [-0.39, 0.29) is 0 Å². The minimum absolute atomic E-state index is 1.01. The molecular weight excluding hydrogens is 290 g/mol. The fourth-order valence-electron chi connectivity index (χ4n) is 2.53. The molecule has 0 radical (unpaired) electrons. The molecule has 112 valence electrons. The molecule has 0 amide bonds. The van der Waals surface area contributed by atoms with E-state index in [1.807, 2.05) is 19.9 Å². The minimum Gasteiger partial charge on any atom is -0.277 e. The quantitative estimate of drug-likeness (QED) is 0.719. The van der Waals surface area contributed by atoms with E-state index in [0.717, 1.165) is 27.5 Å². The van der Waals surface area contributed by atoms with Crippen molar-refractivity contribution in [3.8, 4) is 0 Å². The minimum atomic E-state index is 1.01. The Labute approximate surface area is 134 Å². The van der Waals surface area contributed by atoms with Gasteiger partial charge in [-0.25, -0.2) is 4.98 Å². The van der Waals surface area contributed by atoms with Crippen LogP contribution in [0, 0.1) is 13.8 Å². The molecule has 0 bridgehead atoms. The molecule has 0 spiro atoms. The van der Waals surface area contributed by atoms with Gasteiger partial charge in [-0.1, -0.05) is 17.7 Å². The van der Waals surface area contributed by atoms with Crippen molar-refractivity contribution in [2.24, 2.45) is 0 Å². The molecule has 0 aliphatic carbocycles. The van der Waals surface area contributed by atoms with Gasteiger partial charge in [0.25, 0.3) is 0 Å². The van der Waals surface area contributed by atoms with Gasteiger partial charge in [-0.2, -0.15) is 5.10 Å². The molecule has 3 nitrogen and oxygen atoms in total. The van der Waals surface area contributed by atoms with E-state index in [1.54, 1.807) is 11.3 Å². The monoisotopic (exact) mass is 309 g/mol. The standard InChI is InChI=1S/C18H19N3S/c1-5-6-16-17(22-13(4)19-16)10-12(3)18-14-9-11(2)7-8-15(14)20-21-18/h5-10H,1-4H3,(H,20,21)/b6-5-,12-10+. The second-order valence-electron chi connectivity index (χ2n) is 5.43. The van der Waals surface area contributed by atoms with Crippen LogP contribution in [0.1, 0.15) is 40.7 Å². The first kappa shape index (κ1) is 14.7.